The molecule has 0 fully saturated rings. The maximum Gasteiger partial charge on any atom is 0.417 e. The van der Waals surface area contributed by atoms with Crippen LogP contribution in [0.15, 0.2) is 30.5 Å². The van der Waals surface area contributed by atoms with Crippen molar-refractivity contribution in [2.45, 2.75) is 13.1 Å². The van der Waals surface area contributed by atoms with Crippen LogP contribution in [0, 0.1) is 18.3 Å². The Bertz CT molecular complexity index is 676. The first-order chi connectivity index (χ1) is 9.40. The first kappa shape index (κ1) is 14.3. The summed E-state index contributed by atoms with van der Waals surface area (Å²) in [6, 6.07) is 7.85. The predicted octanol–water partition coefficient (Wildman–Crippen LogP) is 4.53. The maximum absolute atomic E-state index is 12.4. The fraction of sp³-hybridized carbons (Fsp3) is 0.143. The molecule has 0 spiro atoms. The van der Waals surface area contributed by atoms with Gasteiger partial charge in [-0.05, 0) is 37.3 Å². The Hall–Kier alpha value is -2.13. The zero-order valence-electron chi connectivity index (χ0n) is 10.4. The Balaban J connectivity index is 2.34. The molecule has 0 saturated heterocycles. The molecule has 0 amide bonds. The van der Waals surface area contributed by atoms with E-state index in [0.29, 0.717) is 0 Å². The van der Waals surface area contributed by atoms with Crippen molar-refractivity contribution in [3.05, 3.63) is 51.5 Å². The number of nitrogens with zero attached hydrogens (tertiary/aromatic N) is 2. The van der Waals surface area contributed by atoms with Crippen LogP contribution in [0.25, 0.3) is 11.6 Å². The number of alkyl halides is 3. The predicted molar refractivity (Wildman–Crippen MR) is 71.8 cm³/mol. The van der Waals surface area contributed by atoms with E-state index < -0.39 is 11.7 Å². The standard InChI is InChI=1S/C14H9F3N2S/c1-9-2-4-12(20-9)6-10(7-18)13-5-3-11(8-19-13)14(15,16)17/h2-6,8H,1H3/b10-6-. The Morgan fingerprint density at radius 1 is 1.30 bits per heavy atom. The highest BCUT2D eigenvalue weighted by atomic mass is 32.1. The van der Waals surface area contributed by atoms with Gasteiger partial charge < -0.3 is 0 Å². The van der Waals surface area contributed by atoms with Gasteiger partial charge in [-0.15, -0.1) is 11.3 Å². The smallest absolute Gasteiger partial charge is 0.255 e. The molecule has 0 bridgehead atoms. The van der Waals surface area contributed by atoms with Crippen molar-refractivity contribution in [1.82, 2.24) is 4.98 Å². The highest BCUT2D eigenvalue weighted by Gasteiger charge is 2.30. The summed E-state index contributed by atoms with van der Waals surface area (Å²) >= 11 is 1.50. The van der Waals surface area contributed by atoms with Gasteiger partial charge in [0.05, 0.1) is 16.8 Å². The van der Waals surface area contributed by atoms with Crippen LogP contribution in [0.5, 0.6) is 0 Å². The molecule has 2 heterocycles. The molecule has 6 heteroatoms. The first-order valence-electron chi connectivity index (χ1n) is 5.62. The van der Waals surface area contributed by atoms with E-state index in [4.69, 9.17) is 5.26 Å². The summed E-state index contributed by atoms with van der Waals surface area (Å²) in [5.41, 5.74) is -0.363. The van der Waals surface area contributed by atoms with Crippen molar-refractivity contribution in [2.75, 3.05) is 0 Å². The van der Waals surface area contributed by atoms with E-state index in [1.165, 1.54) is 17.4 Å². The van der Waals surface area contributed by atoms with Crippen molar-refractivity contribution < 1.29 is 13.2 Å². The molecule has 2 aromatic rings. The molecule has 0 aliphatic heterocycles. The molecule has 2 nitrogen and oxygen atoms in total. The molecule has 0 atom stereocenters. The number of nitriles is 1. The topological polar surface area (TPSA) is 36.7 Å². The van der Waals surface area contributed by atoms with Gasteiger partial charge in [0.15, 0.2) is 0 Å². The van der Waals surface area contributed by atoms with E-state index >= 15 is 0 Å². The Kier molecular flexibility index (Phi) is 3.91. The van der Waals surface area contributed by atoms with Gasteiger partial charge in [0, 0.05) is 16.0 Å². The first-order valence-corrected chi connectivity index (χ1v) is 6.43. The molecule has 0 saturated carbocycles. The molecule has 2 aromatic heterocycles. The van der Waals surface area contributed by atoms with Gasteiger partial charge in [-0.25, -0.2) is 0 Å². The lowest BCUT2D eigenvalue weighted by atomic mass is 10.1. The molecule has 0 radical (unpaired) electrons. The number of hydrogen-bond acceptors (Lipinski definition) is 3. The summed E-state index contributed by atoms with van der Waals surface area (Å²) in [4.78, 5) is 5.67. The molecule has 0 unspecified atom stereocenters. The molecular formula is C14H9F3N2S. The minimum Gasteiger partial charge on any atom is -0.255 e. The molecule has 0 aliphatic carbocycles. The quantitative estimate of drug-likeness (QED) is 0.763. The third-order valence-electron chi connectivity index (χ3n) is 2.53. The lowest BCUT2D eigenvalue weighted by Gasteiger charge is -2.06. The molecule has 0 aliphatic rings. The monoisotopic (exact) mass is 294 g/mol. The van der Waals surface area contributed by atoms with Crippen molar-refractivity contribution in [3.8, 4) is 6.07 Å². The van der Waals surface area contributed by atoms with Gasteiger partial charge >= 0.3 is 6.18 Å². The van der Waals surface area contributed by atoms with E-state index in [9.17, 15) is 13.2 Å². The van der Waals surface area contributed by atoms with Crippen LogP contribution in [0.3, 0.4) is 0 Å². The maximum atomic E-state index is 12.4. The summed E-state index contributed by atoms with van der Waals surface area (Å²) < 4.78 is 37.3. The number of thiophene rings is 1. The molecule has 2 rings (SSSR count). The van der Waals surface area contributed by atoms with Gasteiger partial charge in [-0.1, -0.05) is 0 Å². The van der Waals surface area contributed by atoms with Crippen LogP contribution in [-0.2, 0) is 6.18 Å². The van der Waals surface area contributed by atoms with Gasteiger partial charge in [-0.3, -0.25) is 4.98 Å². The average molecular weight is 294 g/mol. The lowest BCUT2D eigenvalue weighted by Crippen LogP contribution is -2.05. The number of allylic oxidation sites excluding steroid dienone is 1. The number of hydrogen-bond donors (Lipinski definition) is 0. The second-order valence-electron chi connectivity index (χ2n) is 4.05. The van der Waals surface area contributed by atoms with Crippen molar-refractivity contribution in [2.24, 2.45) is 0 Å². The van der Waals surface area contributed by atoms with Crippen LogP contribution in [-0.4, -0.2) is 4.98 Å². The molecular weight excluding hydrogens is 285 g/mol. The summed E-state index contributed by atoms with van der Waals surface area (Å²) in [6.07, 6.45) is -2.07. The summed E-state index contributed by atoms with van der Waals surface area (Å²) in [5.74, 6) is 0. The third kappa shape index (κ3) is 3.25. The average Bonchev–Trinajstić information content (AvgIpc) is 2.81. The van der Waals surface area contributed by atoms with Gasteiger partial charge in [0.25, 0.3) is 0 Å². The van der Waals surface area contributed by atoms with Gasteiger partial charge in [0.1, 0.15) is 6.07 Å². The van der Waals surface area contributed by atoms with Crippen LogP contribution < -0.4 is 0 Å². The third-order valence-corrected chi connectivity index (χ3v) is 3.48. The number of pyridine rings is 1. The summed E-state index contributed by atoms with van der Waals surface area (Å²) in [5, 5.41) is 9.10. The van der Waals surface area contributed by atoms with Crippen molar-refractivity contribution >= 4 is 23.0 Å². The molecule has 102 valence electrons. The SMILES string of the molecule is Cc1ccc(/C=C(/C#N)c2ccc(C(F)(F)F)cn2)s1. The highest BCUT2D eigenvalue weighted by molar-refractivity contribution is 7.12. The second-order valence-corrected chi connectivity index (χ2v) is 5.37. The zero-order valence-corrected chi connectivity index (χ0v) is 11.2. The molecule has 0 aromatic carbocycles. The summed E-state index contributed by atoms with van der Waals surface area (Å²) in [7, 11) is 0. The normalized spacial score (nSPS) is 12.2. The lowest BCUT2D eigenvalue weighted by molar-refractivity contribution is -0.137. The minimum atomic E-state index is -4.42. The number of halogens is 3. The van der Waals surface area contributed by atoms with Crippen LogP contribution in [0.4, 0.5) is 13.2 Å². The highest BCUT2D eigenvalue weighted by Crippen LogP contribution is 2.29. The van der Waals surface area contributed by atoms with E-state index in [1.807, 2.05) is 25.1 Å². The van der Waals surface area contributed by atoms with Crippen LogP contribution in [0.2, 0.25) is 0 Å². The van der Waals surface area contributed by atoms with Gasteiger partial charge in [0.2, 0.25) is 0 Å². The number of rotatable bonds is 2. The largest absolute Gasteiger partial charge is 0.417 e. The van der Waals surface area contributed by atoms with E-state index in [0.717, 1.165) is 22.0 Å². The summed E-state index contributed by atoms with van der Waals surface area (Å²) in [6.45, 7) is 1.93. The van der Waals surface area contributed by atoms with E-state index in [2.05, 4.69) is 4.98 Å². The van der Waals surface area contributed by atoms with Crippen molar-refractivity contribution in [3.63, 3.8) is 0 Å². The van der Waals surface area contributed by atoms with Gasteiger partial charge in [-0.2, -0.15) is 18.4 Å². The Morgan fingerprint density at radius 3 is 2.50 bits per heavy atom. The van der Waals surface area contributed by atoms with Crippen LogP contribution >= 0.6 is 11.3 Å². The fourth-order valence-electron chi connectivity index (χ4n) is 1.56. The fourth-order valence-corrected chi connectivity index (χ4v) is 2.38. The zero-order chi connectivity index (χ0) is 14.8. The van der Waals surface area contributed by atoms with E-state index in [-0.39, 0.29) is 11.3 Å². The van der Waals surface area contributed by atoms with Crippen molar-refractivity contribution in [1.29, 1.82) is 5.26 Å². The Labute approximate surface area is 117 Å². The molecule has 0 N–H and O–H groups in total. The molecule has 20 heavy (non-hydrogen) atoms. The number of aryl methyl sites for hydroxylation is 1. The minimum absolute atomic E-state index is 0.228. The second kappa shape index (κ2) is 5.47. The van der Waals surface area contributed by atoms with Crippen LogP contribution in [0.1, 0.15) is 21.0 Å². The number of aromatic nitrogens is 1. The van der Waals surface area contributed by atoms with E-state index in [1.54, 1.807) is 6.08 Å². The Morgan fingerprint density at radius 2 is 2.05 bits per heavy atom.